The molecule has 1 aromatic carbocycles. The van der Waals surface area contributed by atoms with E-state index in [2.05, 4.69) is 15.5 Å². The maximum Gasteiger partial charge on any atom is 0.277 e. The Balaban J connectivity index is 1.57. The van der Waals surface area contributed by atoms with E-state index in [0.29, 0.717) is 16.8 Å². The van der Waals surface area contributed by atoms with Crippen molar-refractivity contribution in [3.63, 3.8) is 0 Å². The number of benzene rings is 1. The van der Waals surface area contributed by atoms with Crippen LogP contribution < -0.4 is 5.32 Å². The van der Waals surface area contributed by atoms with Gasteiger partial charge in [-0.1, -0.05) is 29.4 Å². The lowest BCUT2D eigenvalue weighted by Gasteiger charge is -2.06. The van der Waals surface area contributed by atoms with Crippen LogP contribution in [0.4, 0.5) is 10.1 Å². The molecule has 9 heteroatoms. The number of nitrogens with one attached hydrogen (secondary N) is 1. The molecule has 0 spiro atoms. The molecule has 0 aliphatic heterocycles. The SMILES string of the molecule is O=C(CSc1nnc(-c2cccs2)o1)Nc1ccc(F)cc1Cl. The number of amides is 1. The van der Waals surface area contributed by atoms with Crippen LogP contribution in [0.5, 0.6) is 0 Å². The van der Waals surface area contributed by atoms with Crippen LogP contribution in [0, 0.1) is 5.82 Å². The maximum absolute atomic E-state index is 12.9. The lowest BCUT2D eigenvalue weighted by atomic mass is 10.3. The Morgan fingerprint density at radius 1 is 1.39 bits per heavy atom. The summed E-state index contributed by atoms with van der Waals surface area (Å²) < 4.78 is 18.4. The van der Waals surface area contributed by atoms with Crippen LogP contribution in [-0.2, 0) is 4.79 Å². The summed E-state index contributed by atoms with van der Waals surface area (Å²) in [6.07, 6.45) is 0. The minimum absolute atomic E-state index is 0.0692. The highest BCUT2D eigenvalue weighted by Gasteiger charge is 2.12. The standard InChI is InChI=1S/C14H9ClFN3O2S2/c15-9-6-8(16)3-4-10(9)17-12(20)7-23-14-19-18-13(21-14)11-2-1-5-22-11/h1-6H,7H2,(H,17,20). The summed E-state index contributed by atoms with van der Waals surface area (Å²) >= 11 is 8.45. The number of thioether (sulfide) groups is 1. The Bertz CT molecular complexity index is 823. The van der Waals surface area contributed by atoms with Gasteiger partial charge in [-0.05, 0) is 29.6 Å². The van der Waals surface area contributed by atoms with Crippen molar-refractivity contribution in [2.24, 2.45) is 0 Å². The van der Waals surface area contributed by atoms with Crippen molar-refractivity contribution in [1.82, 2.24) is 10.2 Å². The summed E-state index contributed by atoms with van der Waals surface area (Å²) in [5.74, 6) is -0.280. The third-order valence-electron chi connectivity index (χ3n) is 2.67. The number of aromatic nitrogens is 2. The van der Waals surface area contributed by atoms with Gasteiger partial charge in [0.1, 0.15) is 5.82 Å². The smallest absolute Gasteiger partial charge is 0.277 e. The van der Waals surface area contributed by atoms with Crippen LogP contribution in [0.25, 0.3) is 10.8 Å². The van der Waals surface area contributed by atoms with Crippen molar-refractivity contribution in [2.75, 3.05) is 11.1 Å². The number of carbonyl (C=O) groups is 1. The van der Waals surface area contributed by atoms with Gasteiger partial charge >= 0.3 is 0 Å². The van der Waals surface area contributed by atoms with Crippen LogP contribution in [0.15, 0.2) is 45.4 Å². The monoisotopic (exact) mass is 369 g/mol. The molecule has 118 valence electrons. The van der Waals surface area contributed by atoms with Crippen molar-refractivity contribution in [3.8, 4) is 10.8 Å². The predicted molar refractivity (Wildman–Crippen MR) is 88.4 cm³/mol. The van der Waals surface area contributed by atoms with Crippen LogP contribution in [-0.4, -0.2) is 21.9 Å². The van der Waals surface area contributed by atoms with Gasteiger partial charge in [-0.3, -0.25) is 4.79 Å². The van der Waals surface area contributed by atoms with Gasteiger partial charge < -0.3 is 9.73 Å². The summed E-state index contributed by atoms with van der Waals surface area (Å²) in [7, 11) is 0. The summed E-state index contributed by atoms with van der Waals surface area (Å²) in [6.45, 7) is 0. The molecule has 0 saturated carbocycles. The molecule has 0 aliphatic rings. The fourth-order valence-corrected chi connectivity index (χ4v) is 3.09. The van der Waals surface area contributed by atoms with E-state index in [4.69, 9.17) is 16.0 Å². The molecule has 0 fully saturated rings. The van der Waals surface area contributed by atoms with E-state index in [1.165, 1.54) is 23.5 Å². The molecule has 1 N–H and O–H groups in total. The second-order valence-corrected chi connectivity index (χ2v) is 6.59. The predicted octanol–water partition coefficient (Wildman–Crippen LogP) is 4.32. The Labute approximate surface area is 143 Å². The Kier molecular flexibility index (Phi) is 4.94. The molecule has 0 bridgehead atoms. The van der Waals surface area contributed by atoms with E-state index in [1.54, 1.807) is 0 Å². The van der Waals surface area contributed by atoms with Gasteiger partial charge in [-0.25, -0.2) is 4.39 Å². The number of hydrogen-bond acceptors (Lipinski definition) is 6. The van der Waals surface area contributed by atoms with Gasteiger partial charge in [0.2, 0.25) is 5.91 Å². The number of rotatable bonds is 5. The van der Waals surface area contributed by atoms with Gasteiger partial charge in [0.25, 0.3) is 11.1 Å². The number of carbonyl (C=O) groups excluding carboxylic acids is 1. The Morgan fingerprint density at radius 2 is 2.26 bits per heavy atom. The molecule has 0 aliphatic carbocycles. The molecule has 0 atom stereocenters. The van der Waals surface area contributed by atoms with E-state index in [1.807, 2.05) is 17.5 Å². The summed E-state index contributed by atoms with van der Waals surface area (Å²) in [4.78, 5) is 12.8. The molecular weight excluding hydrogens is 361 g/mol. The first-order chi connectivity index (χ1) is 11.1. The van der Waals surface area contributed by atoms with Gasteiger partial charge in [0, 0.05) is 0 Å². The average Bonchev–Trinajstić information content (AvgIpc) is 3.18. The van der Waals surface area contributed by atoms with Crippen molar-refractivity contribution in [1.29, 1.82) is 0 Å². The van der Waals surface area contributed by atoms with Crippen LogP contribution in [0.2, 0.25) is 5.02 Å². The number of halogens is 2. The van der Waals surface area contributed by atoms with Gasteiger partial charge in [0.15, 0.2) is 0 Å². The zero-order valence-electron chi connectivity index (χ0n) is 11.5. The zero-order valence-corrected chi connectivity index (χ0v) is 13.8. The van der Waals surface area contributed by atoms with E-state index < -0.39 is 5.82 Å². The molecule has 2 heterocycles. The van der Waals surface area contributed by atoms with E-state index in [0.717, 1.165) is 22.7 Å². The van der Waals surface area contributed by atoms with Crippen molar-refractivity contribution < 1.29 is 13.6 Å². The molecule has 1 amide bonds. The minimum Gasteiger partial charge on any atom is -0.410 e. The molecule has 2 aromatic heterocycles. The lowest BCUT2D eigenvalue weighted by molar-refractivity contribution is -0.113. The third-order valence-corrected chi connectivity index (χ3v) is 4.66. The molecule has 3 rings (SSSR count). The van der Waals surface area contributed by atoms with E-state index >= 15 is 0 Å². The number of thiophene rings is 1. The average molecular weight is 370 g/mol. The quantitative estimate of drug-likeness (QED) is 0.678. The number of anilines is 1. The second-order valence-electron chi connectivity index (χ2n) is 4.31. The van der Waals surface area contributed by atoms with Gasteiger partial charge in [0.05, 0.1) is 21.3 Å². The fourth-order valence-electron chi connectivity index (χ4n) is 1.67. The third kappa shape index (κ3) is 4.10. The normalized spacial score (nSPS) is 10.7. The maximum atomic E-state index is 12.9. The molecular formula is C14H9ClFN3O2S2. The molecule has 0 saturated heterocycles. The highest BCUT2D eigenvalue weighted by atomic mass is 35.5. The summed E-state index contributed by atoms with van der Waals surface area (Å²) in [5.41, 5.74) is 0.350. The molecule has 5 nitrogen and oxygen atoms in total. The molecule has 0 radical (unpaired) electrons. The first-order valence-corrected chi connectivity index (χ1v) is 8.61. The van der Waals surface area contributed by atoms with Crippen LogP contribution in [0.3, 0.4) is 0 Å². The van der Waals surface area contributed by atoms with Crippen molar-refractivity contribution in [2.45, 2.75) is 5.22 Å². The summed E-state index contributed by atoms with van der Waals surface area (Å²) in [5, 5.41) is 12.7. The first kappa shape index (κ1) is 16.0. The highest BCUT2D eigenvalue weighted by molar-refractivity contribution is 7.99. The van der Waals surface area contributed by atoms with E-state index in [-0.39, 0.29) is 16.7 Å². The Morgan fingerprint density at radius 3 is 3.00 bits per heavy atom. The number of hydrogen-bond donors (Lipinski definition) is 1. The second kappa shape index (κ2) is 7.12. The zero-order chi connectivity index (χ0) is 16.2. The lowest BCUT2D eigenvalue weighted by Crippen LogP contribution is -2.14. The van der Waals surface area contributed by atoms with Crippen molar-refractivity contribution >= 4 is 46.3 Å². The molecule has 3 aromatic rings. The Hall–Kier alpha value is -1.90. The molecule has 0 unspecified atom stereocenters. The van der Waals surface area contributed by atoms with Gasteiger partial charge in [-0.15, -0.1) is 21.5 Å². The van der Waals surface area contributed by atoms with Crippen LogP contribution in [0.1, 0.15) is 0 Å². The van der Waals surface area contributed by atoms with Gasteiger partial charge in [-0.2, -0.15) is 0 Å². The largest absolute Gasteiger partial charge is 0.410 e. The minimum atomic E-state index is -0.464. The first-order valence-electron chi connectivity index (χ1n) is 6.37. The van der Waals surface area contributed by atoms with Crippen molar-refractivity contribution in [3.05, 3.63) is 46.6 Å². The topological polar surface area (TPSA) is 68.0 Å². The van der Waals surface area contributed by atoms with Crippen LogP contribution >= 0.6 is 34.7 Å². The fraction of sp³-hybridized carbons (Fsp3) is 0.0714. The highest BCUT2D eigenvalue weighted by Crippen LogP contribution is 2.27. The number of nitrogens with zero attached hydrogens (tertiary/aromatic N) is 2. The molecule has 23 heavy (non-hydrogen) atoms. The van der Waals surface area contributed by atoms with E-state index in [9.17, 15) is 9.18 Å². The summed E-state index contributed by atoms with van der Waals surface area (Å²) in [6, 6.07) is 7.52.